The van der Waals surface area contributed by atoms with E-state index in [2.05, 4.69) is 57.2 Å². The summed E-state index contributed by atoms with van der Waals surface area (Å²) in [6, 6.07) is 0. The van der Waals surface area contributed by atoms with Crippen molar-refractivity contribution in [3.63, 3.8) is 0 Å². The SMILES string of the molecule is CCCCC/C=C\C/C=C\C/C=C\CCCCC(=O)OC[C@@H](COCCCCCCCCCCCCCCCCCC)OC(=O)CCCCCCCCCCCCCCCCCCC. The number of hydrogen-bond donors (Lipinski definition) is 0. The van der Waals surface area contributed by atoms with E-state index < -0.39 is 6.10 Å². The molecule has 0 aliphatic rings. The second-order valence-corrected chi connectivity index (χ2v) is 19.2. The second-order valence-electron chi connectivity index (χ2n) is 19.2. The molecule has 0 bridgehead atoms. The Bertz CT molecular complexity index is 1020. The van der Waals surface area contributed by atoms with Gasteiger partial charge in [-0.05, 0) is 57.8 Å². The highest BCUT2D eigenvalue weighted by Gasteiger charge is 2.17. The Morgan fingerprint density at radius 3 is 1.08 bits per heavy atom. The quantitative estimate of drug-likeness (QED) is 0.0346. The van der Waals surface area contributed by atoms with Crippen LogP contribution < -0.4 is 0 Å². The van der Waals surface area contributed by atoms with Crippen molar-refractivity contribution in [2.75, 3.05) is 19.8 Å². The van der Waals surface area contributed by atoms with Crippen molar-refractivity contribution in [3.8, 4) is 0 Å². The first kappa shape index (κ1) is 62.1. The van der Waals surface area contributed by atoms with Crippen LogP contribution in [-0.2, 0) is 23.8 Å². The molecule has 0 saturated heterocycles. The summed E-state index contributed by atoms with van der Waals surface area (Å²) < 4.78 is 17.4. The van der Waals surface area contributed by atoms with Gasteiger partial charge in [0.1, 0.15) is 6.61 Å². The Hall–Kier alpha value is -1.88. The molecule has 0 aliphatic heterocycles. The third-order valence-electron chi connectivity index (χ3n) is 12.7. The monoisotopic (exact) mass is 899 g/mol. The van der Waals surface area contributed by atoms with E-state index in [1.807, 2.05) is 0 Å². The Balaban J connectivity index is 4.27. The van der Waals surface area contributed by atoms with Crippen LogP contribution >= 0.6 is 0 Å². The molecule has 0 heterocycles. The molecule has 0 fully saturated rings. The average molecular weight is 900 g/mol. The van der Waals surface area contributed by atoms with Crippen molar-refractivity contribution in [2.45, 2.75) is 309 Å². The van der Waals surface area contributed by atoms with Crippen LogP contribution in [0.2, 0.25) is 0 Å². The Labute approximate surface area is 400 Å². The zero-order valence-electron chi connectivity index (χ0n) is 43.3. The molecule has 0 unspecified atom stereocenters. The van der Waals surface area contributed by atoms with Gasteiger partial charge in [-0.2, -0.15) is 0 Å². The van der Waals surface area contributed by atoms with Gasteiger partial charge >= 0.3 is 11.9 Å². The number of carbonyl (C=O) groups excluding carboxylic acids is 2. The molecule has 376 valence electrons. The molecule has 64 heavy (non-hydrogen) atoms. The lowest BCUT2D eigenvalue weighted by atomic mass is 10.0. The van der Waals surface area contributed by atoms with E-state index in [1.54, 1.807) is 0 Å². The molecule has 0 aromatic carbocycles. The summed E-state index contributed by atoms with van der Waals surface area (Å²) in [4.78, 5) is 25.5. The Kier molecular flexibility index (Phi) is 53.8. The molecule has 0 saturated carbocycles. The highest BCUT2D eigenvalue weighted by atomic mass is 16.6. The summed E-state index contributed by atoms with van der Waals surface area (Å²) >= 11 is 0. The lowest BCUT2D eigenvalue weighted by Crippen LogP contribution is -2.30. The van der Waals surface area contributed by atoms with E-state index in [0.717, 1.165) is 51.4 Å². The van der Waals surface area contributed by atoms with E-state index >= 15 is 0 Å². The second kappa shape index (κ2) is 55.4. The van der Waals surface area contributed by atoms with E-state index in [4.69, 9.17) is 14.2 Å². The molecule has 0 aromatic heterocycles. The molecule has 5 heteroatoms. The van der Waals surface area contributed by atoms with E-state index in [-0.39, 0.29) is 25.2 Å². The molecular weight excluding hydrogens is 789 g/mol. The predicted octanol–water partition coefficient (Wildman–Crippen LogP) is 19.4. The number of hydrogen-bond acceptors (Lipinski definition) is 5. The summed E-state index contributed by atoms with van der Waals surface area (Å²) in [6.45, 7) is 7.83. The zero-order valence-corrected chi connectivity index (χ0v) is 43.3. The number of ether oxygens (including phenoxy) is 3. The minimum atomic E-state index is -0.546. The lowest BCUT2D eigenvalue weighted by Gasteiger charge is -2.18. The first-order valence-corrected chi connectivity index (χ1v) is 28.5. The van der Waals surface area contributed by atoms with Crippen molar-refractivity contribution in [1.29, 1.82) is 0 Å². The van der Waals surface area contributed by atoms with Gasteiger partial charge in [0.05, 0.1) is 6.61 Å². The van der Waals surface area contributed by atoms with Crippen molar-refractivity contribution < 1.29 is 23.8 Å². The smallest absolute Gasteiger partial charge is 0.306 e. The first-order chi connectivity index (χ1) is 31.6. The van der Waals surface area contributed by atoms with Crippen LogP contribution in [0, 0.1) is 0 Å². The largest absolute Gasteiger partial charge is 0.462 e. The normalized spacial score (nSPS) is 12.4. The topological polar surface area (TPSA) is 61.8 Å². The van der Waals surface area contributed by atoms with Crippen LogP contribution in [0.4, 0.5) is 0 Å². The van der Waals surface area contributed by atoms with Crippen LogP contribution in [0.5, 0.6) is 0 Å². The molecular formula is C59H110O5. The number of esters is 2. The minimum absolute atomic E-state index is 0.0722. The third-order valence-corrected chi connectivity index (χ3v) is 12.7. The predicted molar refractivity (Wildman–Crippen MR) is 279 cm³/mol. The Morgan fingerprint density at radius 1 is 0.344 bits per heavy atom. The van der Waals surface area contributed by atoms with Gasteiger partial charge in [0, 0.05) is 19.4 Å². The van der Waals surface area contributed by atoms with Gasteiger partial charge in [0.15, 0.2) is 6.10 Å². The van der Waals surface area contributed by atoms with Crippen LogP contribution in [0.3, 0.4) is 0 Å². The third kappa shape index (κ3) is 52.7. The molecule has 0 radical (unpaired) electrons. The first-order valence-electron chi connectivity index (χ1n) is 28.5. The van der Waals surface area contributed by atoms with Crippen LogP contribution in [0.25, 0.3) is 0 Å². The summed E-state index contributed by atoms with van der Waals surface area (Å²) in [5.74, 6) is -0.421. The lowest BCUT2D eigenvalue weighted by molar-refractivity contribution is -0.163. The molecule has 0 aromatic rings. The van der Waals surface area contributed by atoms with E-state index in [0.29, 0.717) is 19.4 Å². The van der Waals surface area contributed by atoms with Gasteiger partial charge in [0.25, 0.3) is 0 Å². The molecule has 0 aliphatic carbocycles. The standard InChI is InChI=1S/C59H110O5/c1-4-7-10-13-16-19-22-25-28-30-32-35-38-41-44-47-50-53-59(61)64-57(55-62-54-51-48-45-42-39-36-33-29-26-23-20-17-14-11-8-5-2)56-63-58(60)52-49-46-43-40-37-34-31-27-24-21-18-15-12-9-6-3/h18,21,27,31,37,40,57H,4-17,19-20,22-26,28-30,32-36,38-39,41-56H2,1-3H3/b21-18-,31-27-,40-37-/t57-/m1/s1. The number of carbonyl (C=O) groups is 2. The molecule has 1 atom stereocenters. The Morgan fingerprint density at radius 2 is 0.656 bits per heavy atom. The fourth-order valence-corrected chi connectivity index (χ4v) is 8.40. The number of rotatable bonds is 53. The summed E-state index contributed by atoms with van der Waals surface area (Å²) in [5, 5.41) is 0. The van der Waals surface area contributed by atoms with Gasteiger partial charge in [-0.15, -0.1) is 0 Å². The molecule has 0 amide bonds. The van der Waals surface area contributed by atoms with Crippen LogP contribution in [0.15, 0.2) is 36.5 Å². The highest BCUT2D eigenvalue weighted by Crippen LogP contribution is 2.17. The number of unbranched alkanes of at least 4 members (excludes halogenated alkanes) is 36. The van der Waals surface area contributed by atoms with Gasteiger partial charge in [-0.1, -0.05) is 269 Å². The highest BCUT2D eigenvalue weighted by molar-refractivity contribution is 5.70. The molecule has 5 nitrogen and oxygen atoms in total. The fraction of sp³-hybridized carbons (Fsp3) is 0.864. The fourth-order valence-electron chi connectivity index (χ4n) is 8.40. The van der Waals surface area contributed by atoms with Crippen molar-refractivity contribution in [1.82, 2.24) is 0 Å². The van der Waals surface area contributed by atoms with Gasteiger partial charge in [-0.3, -0.25) is 9.59 Å². The summed E-state index contributed by atoms with van der Waals surface area (Å²) in [5.41, 5.74) is 0. The van der Waals surface area contributed by atoms with E-state index in [9.17, 15) is 9.59 Å². The molecule has 0 rings (SSSR count). The maximum atomic E-state index is 12.8. The minimum Gasteiger partial charge on any atom is -0.462 e. The van der Waals surface area contributed by atoms with Crippen molar-refractivity contribution >= 4 is 11.9 Å². The molecule has 0 spiro atoms. The summed E-state index contributed by atoms with van der Waals surface area (Å²) in [6.07, 6.45) is 67.3. The van der Waals surface area contributed by atoms with Crippen molar-refractivity contribution in [3.05, 3.63) is 36.5 Å². The van der Waals surface area contributed by atoms with Gasteiger partial charge < -0.3 is 14.2 Å². The maximum Gasteiger partial charge on any atom is 0.306 e. The maximum absolute atomic E-state index is 12.8. The van der Waals surface area contributed by atoms with Gasteiger partial charge in [-0.25, -0.2) is 0 Å². The van der Waals surface area contributed by atoms with Crippen molar-refractivity contribution in [2.24, 2.45) is 0 Å². The zero-order chi connectivity index (χ0) is 46.3. The number of allylic oxidation sites excluding steroid dienone is 6. The molecule has 0 N–H and O–H groups in total. The van der Waals surface area contributed by atoms with Gasteiger partial charge in [0.2, 0.25) is 0 Å². The average Bonchev–Trinajstić information content (AvgIpc) is 3.30. The van der Waals surface area contributed by atoms with E-state index in [1.165, 1.54) is 218 Å². The van der Waals surface area contributed by atoms with Crippen LogP contribution in [0.1, 0.15) is 303 Å². The summed E-state index contributed by atoms with van der Waals surface area (Å²) in [7, 11) is 0. The van der Waals surface area contributed by atoms with Crippen LogP contribution in [-0.4, -0.2) is 37.9 Å².